The van der Waals surface area contributed by atoms with Crippen molar-refractivity contribution in [1.82, 2.24) is 4.98 Å². The number of hydrogen-bond acceptors (Lipinski definition) is 2. The van der Waals surface area contributed by atoms with Crippen molar-refractivity contribution in [1.29, 1.82) is 0 Å². The molecule has 0 aromatic carbocycles. The lowest BCUT2D eigenvalue weighted by atomic mass is 10.2. The Morgan fingerprint density at radius 1 is 1.54 bits per heavy atom. The zero-order valence-electron chi connectivity index (χ0n) is 7.14. The summed E-state index contributed by atoms with van der Waals surface area (Å²) < 4.78 is 29.7. The van der Waals surface area contributed by atoms with Gasteiger partial charge in [-0.2, -0.15) is 0 Å². The lowest BCUT2D eigenvalue weighted by Gasteiger charge is -2.10. The molecule has 2 nitrogen and oxygen atoms in total. The highest BCUT2D eigenvalue weighted by Gasteiger charge is 2.20. The second-order valence-electron chi connectivity index (χ2n) is 2.44. The molecule has 0 saturated carbocycles. The molecule has 0 aliphatic heterocycles. The monoisotopic (exact) mass is 207 g/mol. The van der Waals surface area contributed by atoms with Gasteiger partial charge in [0.1, 0.15) is 5.75 Å². The summed E-state index contributed by atoms with van der Waals surface area (Å²) in [6.45, 7) is 1.58. The SMILES string of the molecule is COc1c(C)ncc(Cl)c1C(F)F. The number of methoxy groups -OCH3 is 1. The molecule has 0 saturated heterocycles. The van der Waals surface area contributed by atoms with Crippen LogP contribution < -0.4 is 4.74 Å². The summed E-state index contributed by atoms with van der Waals surface area (Å²) in [7, 11) is 1.31. The zero-order valence-corrected chi connectivity index (χ0v) is 7.90. The van der Waals surface area contributed by atoms with Gasteiger partial charge >= 0.3 is 0 Å². The summed E-state index contributed by atoms with van der Waals surface area (Å²) in [6.07, 6.45) is -1.45. The fourth-order valence-electron chi connectivity index (χ4n) is 1.05. The molecule has 0 aliphatic carbocycles. The van der Waals surface area contributed by atoms with Gasteiger partial charge in [0.15, 0.2) is 0 Å². The third-order valence-electron chi connectivity index (χ3n) is 1.62. The Morgan fingerprint density at radius 2 is 2.15 bits per heavy atom. The maximum absolute atomic E-state index is 12.5. The van der Waals surface area contributed by atoms with Gasteiger partial charge in [-0.3, -0.25) is 4.98 Å². The van der Waals surface area contributed by atoms with Crippen molar-refractivity contribution < 1.29 is 13.5 Å². The number of halogens is 3. The summed E-state index contributed by atoms with van der Waals surface area (Å²) >= 11 is 5.55. The highest BCUT2D eigenvalue weighted by atomic mass is 35.5. The van der Waals surface area contributed by atoms with Gasteiger partial charge in [0, 0.05) is 6.20 Å². The predicted octanol–water partition coefficient (Wildman–Crippen LogP) is 2.99. The summed E-state index contributed by atoms with van der Waals surface area (Å²) in [6, 6.07) is 0. The Bertz CT molecular complexity index is 317. The number of aryl methyl sites for hydroxylation is 1. The van der Waals surface area contributed by atoms with E-state index in [2.05, 4.69) is 4.98 Å². The van der Waals surface area contributed by atoms with Crippen molar-refractivity contribution in [2.45, 2.75) is 13.3 Å². The lowest BCUT2D eigenvalue weighted by Crippen LogP contribution is -1.98. The largest absolute Gasteiger partial charge is 0.494 e. The van der Waals surface area contributed by atoms with Crippen LogP contribution in [-0.2, 0) is 0 Å². The molecule has 13 heavy (non-hydrogen) atoms. The van der Waals surface area contributed by atoms with E-state index in [0.29, 0.717) is 5.69 Å². The fourth-order valence-corrected chi connectivity index (χ4v) is 1.26. The van der Waals surface area contributed by atoms with Crippen LogP contribution in [0.25, 0.3) is 0 Å². The average Bonchev–Trinajstić information content (AvgIpc) is 2.07. The van der Waals surface area contributed by atoms with Gasteiger partial charge in [0.05, 0.1) is 23.4 Å². The Labute approximate surface area is 79.5 Å². The molecule has 0 N–H and O–H groups in total. The Kier molecular flexibility index (Phi) is 3.03. The topological polar surface area (TPSA) is 22.1 Å². The molecule has 0 radical (unpaired) electrons. The van der Waals surface area contributed by atoms with E-state index < -0.39 is 6.43 Å². The summed E-state index contributed by atoms with van der Waals surface area (Å²) in [5.74, 6) is 0.0579. The molecular formula is C8H8ClF2NO. The van der Waals surface area contributed by atoms with Crippen molar-refractivity contribution in [3.05, 3.63) is 22.5 Å². The summed E-state index contributed by atoms with van der Waals surface area (Å²) in [4.78, 5) is 3.80. The Morgan fingerprint density at radius 3 is 2.54 bits per heavy atom. The van der Waals surface area contributed by atoms with E-state index >= 15 is 0 Å². The predicted molar refractivity (Wildman–Crippen MR) is 45.5 cm³/mol. The van der Waals surface area contributed by atoms with Crippen LogP contribution in [0.3, 0.4) is 0 Å². The van der Waals surface area contributed by atoms with Crippen molar-refractivity contribution in [2.75, 3.05) is 7.11 Å². The molecule has 0 atom stereocenters. The van der Waals surface area contributed by atoms with E-state index in [-0.39, 0.29) is 16.3 Å². The standard InChI is InChI=1S/C8H8ClF2NO/c1-4-7(13-2)6(8(10)11)5(9)3-12-4/h3,8H,1-2H3. The van der Waals surface area contributed by atoms with Crippen molar-refractivity contribution >= 4 is 11.6 Å². The van der Waals surface area contributed by atoms with E-state index in [1.807, 2.05) is 0 Å². The van der Waals surface area contributed by atoms with Crippen LogP contribution in [0.15, 0.2) is 6.20 Å². The van der Waals surface area contributed by atoms with Crippen LogP contribution in [0, 0.1) is 6.92 Å². The van der Waals surface area contributed by atoms with Gasteiger partial charge in [-0.05, 0) is 6.92 Å². The van der Waals surface area contributed by atoms with Gasteiger partial charge in [-0.1, -0.05) is 11.6 Å². The minimum Gasteiger partial charge on any atom is -0.494 e. The highest BCUT2D eigenvalue weighted by Crippen LogP contribution is 2.35. The lowest BCUT2D eigenvalue weighted by molar-refractivity contribution is 0.147. The average molecular weight is 208 g/mol. The quantitative estimate of drug-likeness (QED) is 0.744. The molecule has 0 bridgehead atoms. The zero-order chi connectivity index (χ0) is 10.0. The molecule has 0 spiro atoms. The minimum atomic E-state index is -2.65. The number of pyridine rings is 1. The van der Waals surface area contributed by atoms with E-state index in [9.17, 15) is 8.78 Å². The Hall–Kier alpha value is -0.900. The number of alkyl halides is 2. The maximum Gasteiger partial charge on any atom is 0.268 e. The smallest absolute Gasteiger partial charge is 0.268 e. The second kappa shape index (κ2) is 3.87. The number of hydrogen-bond donors (Lipinski definition) is 0. The fraction of sp³-hybridized carbons (Fsp3) is 0.375. The maximum atomic E-state index is 12.5. The normalized spacial score (nSPS) is 10.6. The molecule has 72 valence electrons. The number of nitrogens with zero attached hydrogens (tertiary/aromatic N) is 1. The van der Waals surface area contributed by atoms with Crippen LogP contribution in [0.1, 0.15) is 17.7 Å². The van der Waals surface area contributed by atoms with Crippen molar-refractivity contribution in [3.63, 3.8) is 0 Å². The molecule has 1 heterocycles. The second-order valence-corrected chi connectivity index (χ2v) is 2.85. The molecule has 0 aliphatic rings. The van der Waals surface area contributed by atoms with Gasteiger partial charge in [-0.25, -0.2) is 8.78 Å². The van der Waals surface area contributed by atoms with E-state index in [0.717, 1.165) is 0 Å². The molecule has 1 rings (SSSR count). The first-order valence-corrected chi connectivity index (χ1v) is 3.92. The van der Waals surface area contributed by atoms with E-state index in [1.54, 1.807) is 6.92 Å². The highest BCUT2D eigenvalue weighted by molar-refractivity contribution is 6.31. The van der Waals surface area contributed by atoms with Gasteiger partial charge in [0.25, 0.3) is 6.43 Å². The van der Waals surface area contributed by atoms with Crippen LogP contribution in [0.4, 0.5) is 8.78 Å². The summed E-state index contributed by atoms with van der Waals surface area (Å²) in [5, 5.41) is -0.0718. The van der Waals surface area contributed by atoms with Gasteiger partial charge in [0.2, 0.25) is 0 Å². The number of aromatic nitrogens is 1. The van der Waals surface area contributed by atoms with Crippen LogP contribution >= 0.6 is 11.6 Å². The van der Waals surface area contributed by atoms with Crippen molar-refractivity contribution in [2.24, 2.45) is 0 Å². The van der Waals surface area contributed by atoms with Gasteiger partial charge in [-0.15, -0.1) is 0 Å². The van der Waals surface area contributed by atoms with Crippen molar-refractivity contribution in [3.8, 4) is 5.75 Å². The number of rotatable bonds is 2. The molecule has 0 unspecified atom stereocenters. The molecule has 1 aromatic heterocycles. The van der Waals surface area contributed by atoms with Crippen LogP contribution in [0.2, 0.25) is 5.02 Å². The molecule has 1 aromatic rings. The van der Waals surface area contributed by atoms with E-state index in [1.165, 1.54) is 13.3 Å². The van der Waals surface area contributed by atoms with E-state index in [4.69, 9.17) is 16.3 Å². The van der Waals surface area contributed by atoms with Gasteiger partial charge < -0.3 is 4.74 Å². The first kappa shape index (κ1) is 10.2. The van der Waals surface area contributed by atoms with Crippen LogP contribution in [-0.4, -0.2) is 12.1 Å². The minimum absolute atomic E-state index is 0.0579. The molecule has 5 heteroatoms. The third-order valence-corrected chi connectivity index (χ3v) is 1.93. The van der Waals surface area contributed by atoms with Crippen LogP contribution in [0.5, 0.6) is 5.75 Å². The number of ether oxygens (including phenoxy) is 1. The first-order valence-electron chi connectivity index (χ1n) is 3.55. The molecular weight excluding hydrogens is 200 g/mol. The Balaban J connectivity index is 3.35. The first-order chi connectivity index (χ1) is 6.07. The third kappa shape index (κ3) is 1.88. The molecule has 0 fully saturated rings. The molecule has 0 amide bonds. The summed E-state index contributed by atoms with van der Waals surface area (Å²) in [5.41, 5.74) is 0.110.